The van der Waals surface area contributed by atoms with E-state index in [0.717, 1.165) is 26.2 Å². The predicted octanol–water partition coefficient (Wildman–Crippen LogP) is 3.74. The first-order chi connectivity index (χ1) is 8.30. The van der Waals surface area contributed by atoms with Crippen LogP contribution in [0, 0.1) is 0 Å². The number of rotatable bonds is 8. The highest BCUT2D eigenvalue weighted by molar-refractivity contribution is 5.45. The average Bonchev–Trinajstić information content (AvgIpc) is 2.37. The number of nitrogens with zero attached hydrogens (tertiary/aromatic N) is 1. The van der Waals surface area contributed by atoms with E-state index < -0.39 is 0 Å². The molecule has 0 aliphatic heterocycles. The Labute approximate surface area is 106 Å². The lowest BCUT2D eigenvalue weighted by atomic mass is 10.2. The number of hydrogen-bond acceptors (Lipinski definition) is 2. The lowest BCUT2D eigenvalue weighted by Gasteiger charge is -2.18. The average molecular weight is 234 g/mol. The van der Waals surface area contributed by atoms with Gasteiger partial charge in [-0.3, -0.25) is 4.90 Å². The molecule has 1 aromatic carbocycles. The summed E-state index contributed by atoms with van der Waals surface area (Å²) in [5.41, 5.74) is 2.65. The second-order valence-electron chi connectivity index (χ2n) is 4.44. The summed E-state index contributed by atoms with van der Waals surface area (Å²) in [7, 11) is 0. The van der Waals surface area contributed by atoms with Crippen molar-refractivity contribution in [2.24, 2.45) is 0 Å². The Morgan fingerprint density at radius 3 is 2.53 bits per heavy atom. The molecule has 96 valence electrons. The second-order valence-corrected chi connectivity index (χ2v) is 4.44. The van der Waals surface area contributed by atoms with Crippen molar-refractivity contribution < 1.29 is 0 Å². The fourth-order valence-electron chi connectivity index (χ4n) is 1.89. The van der Waals surface area contributed by atoms with Crippen molar-refractivity contribution in [2.75, 3.05) is 25.0 Å². The minimum Gasteiger partial charge on any atom is -0.385 e. The lowest BCUT2D eigenvalue weighted by Crippen LogP contribution is -2.22. The van der Waals surface area contributed by atoms with Crippen molar-refractivity contribution >= 4 is 5.69 Å². The Kier molecular flexibility index (Phi) is 6.71. The summed E-state index contributed by atoms with van der Waals surface area (Å²) in [6.45, 7) is 11.0. The maximum Gasteiger partial charge on any atom is 0.0343 e. The summed E-state index contributed by atoms with van der Waals surface area (Å²) in [5, 5.41) is 3.48. The fraction of sp³-hybridized carbons (Fsp3) is 0.600. The van der Waals surface area contributed by atoms with Crippen LogP contribution in [0.4, 0.5) is 5.69 Å². The number of nitrogens with one attached hydrogen (secondary N) is 1. The van der Waals surface area contributed by atoms with Gasteiger partial charge in [-0.05, 0) is 37.2 Å². The SMILES string of the molecule is CCCCNc1cccc(CN(CC)CC)c1. The molecule has 0 aliphatic carbocycles. The van der Waals surface area contributed by atoms with Crippen molar-refractivity contribution in [3.8, 4) is 0 Å². The Morgan fingerprint density at radius 2 is 1.88 bits per heavy atom. The molecule has 1 rings (SSSR count). The van der Waals surface area contributed by atoms with Gasteiger partial charge in [0, 0.05) is 18.8 Å². The van der Waals surface area contributed by atoms with E-state index in [4.69, 9.17) is 0 Å². The number of benzene rings is 1. The monoisotopic (exact) mass is 234 g/mol. The van der Waals surface area contributed by atoms with E-state index >= 15 is 0 Å². The fourth-order valence-corrected chi connectivity index (χ4v) is 1.89. The Bertz CT molecular complexity index is 306. The molecule has 2 heteroatoms. The van der Waals surface area contributed by atoms with E-state index in [9.17, 15) is 0 Å². The Morgan fingerprint density at radius 1 is 1.12 bits per heavy atom. The van der Waals surface area contributed by atoms with Gasteiger partial charge in [-0.1, -0.05) is 39.3 Å². The van der Waals surface area contributed by atoms with Crippen molar-refractivity contribution in [1.29, 1.82) is 0 Å². The minimum absolute atomic E-state index is 1.05. The third-order valence-corrected chi connectivity index (χ3v) is 3.09. The zero-order valence-electron chi connectivity index (χ0n) is 11.5. The maximum absolute atomic E-state index is 3.48. The van der Waals surface area contributed by atoms with E-state index in [1.807, 2.05) is 0 Å². The molecule has 1 N–H and O–H groups in total. The molecular weight excluding hydrogens is 208 g/mol. The first-order valence-corrected chi connectivity index (χ1v) is 6.85. The van der Waals surface area contributed by atoms with E-state index in [1.165, 1.54) is 24.1 Å². The molecule has 0 heterocycles. The summed E-state index contributed by atoms with van der Waals surface area (Å²) in [6.07, 6.45) is 2.48. The molecule has 0 spiro atoms. The molecule has 0 unspecified atom stereocenters. The van der Waals surface area contributed by atoms with Crippen LogP contribution in [0.1, 0.15) is 39.2 Å². The molecule has 0 saturated heterocycles. The van der Waals surface area contributed by atoms with Crippen LogP contribution in [0.15, 0.2) is 24.3 Å². The van der Waals surface area contributed by atoms with Gasteiger partial charge < -0.3 is 5.32 Å². The molecule has 2 nitrogen and oxygen atoms in total. The van der Waals surface area contributed by atoms with Gasteiger partial charge in [0.15, 0.2) is 0 Å². The molecule has 0 amide bonds. The molecule has 0 aliphatic rings. The van der Waals surface area contributed by atoms with Gasteiger partial charge in [-0.25, -0.2) is 0 Å². The molecule has 0 aromatic heterocycles. The topological polar surface area (TPSA) is 15.3 Å². The zero-order valence-corrected chi connectivity index (χ0v) is 11.5. The second kappa shape index (κ2) is 8.13. The van der Waals surface area contributed by atoms with Crippen molar-refractivity contribution in [2.45, 2.75) is 40.2 Å². The summed E-state index contributed by atoms with van der Waals surface area (Å²) < 4.78 is 0. The van der Waals surface area contributed by atoms with Gasteiger partial charge >= 0.3 is 0 Å². The van der Waals surface area contributed by atoms with Crippen LogP contribution in [0.5, 0.6) is 0 Å². The Balaban J connectivity index is 2.52. The van der Waals surface area contributed by atoms with Crippen molar-refractivity contribution in [3.05, 3.63) is 29.8 Å². The standard InChI is InChI=1S/C15H26N2/c1-4-7-11-16-15-10-8-9-14(12-15)13-17(5-2)6-3/h8-10,12,16H,4-7,11,13H2,1-3H3. The highest BCUT2D eigenvalue weighted by atomic mass is 15.1. The van der Waals surface area contributed by atoms with Crippen molar-refractivity contribution in [1.82, 2.24) is 4.90 Å². The maximum atomic E-state index is 3.48. The smallest absolute Gasteiger partial charge is 0.0343 e. The highest BCUT2D eigenvalue weighted by Gasteiger charge is 2.01. The molecule has 0 radical (unpaired) electrons. The van der Waals surface area contributed by atoms with Gasteiger partial charge in [0.05, 0.1) is 0 Å². The van der Waals surface area contributed by atoms with Crippen LogP contribution in [-0.4, -0.2) is 24.5 Å². The summed E-state index contributed by atoms with van der Waals surface area (Å²) >= 11 is 0. The summed E-state index contributed by atoms with van der Waals surface area (Å²) in [5.74, 6) is 0. The third-order valence-electron chi connectivity index (χ3n) is 3.09. The van der Waals surface area contributed by atoms with E-state index in [2.05, 4.69) is 55.3 Å². The first-order valence-electron chi connectivity index (χ1n) is 6.85. The lowest BCUT2D eigenvalue weighted by molar-refractivity contribution is 0.296. The van der Waals surface area contributed by atoms with Crippen LogP contribution < -0.4 is 5.32 Å². The molecule has 0 fully saturated rings. The molecule has 0 bridgehead atoms. The minimum atomic E-state index is 1.05. The molecule has 0 saturated carbocycles. The van der Waals surface area contributed by atoms with Gasteiger partial charge in [0.2, 0.25) is 0 Å². The van der Waals surface area contributed by atoms with Gasteiger partial charge in [0.1, 0.15) is 0 Å². The van der Waals surface area contributed by atoms with Crippen LogP contribution >= 0.6 is 0 Å². The van der Waals surface area contributed by atoms with Crippen LogP contribution in [0.3, 0.4) is 0 Å². The number of unbranched alkanes of at least 4 members (excludes halogenated alkanes) is 1. The van der Waals surface area contributed by atoms with E-state index in [-0.39, 0.29) is 0 Å². The summed E-state index contributed by atoms with van der Waals surface area (Å²) in [6, 6.07) is 8.78. The molecule has 1 aromatic rings. The summed E-state index contributed by atoms with van der Waals surface area (Å²) in [4.78, 5) is 2.44. The van der Waals surface area contributed by atoms with E-state index in [0.29, 0.717) is 0 Å². The molecule has 17 heavy (non-hydrogen) atoms. The number of hydrogen-bond donors (Lipinski definition) is 1. The van der Waals surface area contributed by atoms with Crippen LogP contribution in [0.2, 0.25) is 0 Å². The highest BCUT2D eigenvalue weighted by Crippen LogP contribution is 2.12. The van der Waals surface area contributed by atoms with Crippen molar-refractivity contribution in [3.63, 3.8) is 0 Å². The third kappa shape index (κ3) is 5.22. The molecular formula is C15H26N2. The van der Waals surface area contributed by atoms with Crippen LogP contribution in [0.25, 0.3) is 0 Å². The predicted molar refractivity (Wildman–Crippen MR) is 76.5 cm³/mol. The number of anilines is 1. The Hall–Kier alpha value is -1.02. The normalized spacial score (nSPS) is 10.8. The first kappa shape index (κ1) is 14.0. The van der Waals surface area contributed by atoms with Gasteiger partial charge in [-0.2, -0.15) is 0 Å². The molecule has 0 atom stereocenters. The van der Waals surface area contributed by atoms with Gasteiger partial charge in [-0.15, -0.1) is 0 Å². The van der Waals surface area contributed by atoms with Gasteiger partial charge in [0.25, 0.3) is 0 Å². The largest absolute Gasteiger partial charge is 0.385 e. The van der Waals surface area contributed by atoms with Crippen LogP contribution in [-0.2, 0) is 6.54 Å². The van der Waals surface area contributed by atoms with E-state index in [1.54, 1.807) is 0 Å². The quantitative estimate of drug-likeness (QED) is 0.689. The zero-order chi connectivity index (χ0) is 12.5.